The number of rotatable bonds is 8. The topological polar surface area (TPSA) is 108 Å². The first-order valence-corrected chi connectivity index (χ1v) is 7.49. The maximum Gasteiger partial charge on any atom is 0.316 e. The van der Waals surface area contributed by atoms with E-state index in [1.807, 2.05) is 0 Å². The van der Waals surface area contributed by atoms with Crippen LogP contribution in [0.25, 0.3) is 0 Å². The van der Waals surface area contributed by atoms with Gasteiger partial charge in [0.2, 0.25) is 5.91 Å². The molecule has 0 radical (unpaired) electrons. The molecule has 0 heterocycles. The number of nitrogens with zero attached hydrogens (tertiary/aromatic N) is 3. The molecule has 0 saturated carbocycles. The van der Waals surface area contributed by atoms with Crippen molar-refractivity contribution in [1.29, 1.82) is 0 Å². The lowest BCUT2D eigenvalue weighted by Gasteiger charge is -2.19. The molecular weight excluding hydrogens is 314 g/mol. The van der Waals surface area contributed by atoms with Crippen molar-refractivity contribution in [3.63, 3.8) is 0 Å². The summed E-state index contributed by atoms with van der Waals surface area (Å²) in [6.07, 6.45) is 0.199. The highest BCUT2D eigenvalue weighted by Crippen LogP contribution is 2.22. The van der Waals surface area contributed by atoms with Gasteiger partial charge in [-0.05, 0) is 6.07 Å². The minimum absolute atomic E-state index is 0.0234. The largest absolute Gasteiger partial charge is 0.379 e. The number of hydrogen-bond acceptors (Lipinski definition) is 5. The Kier molecular flexibility index (Phi) is 7.47. The Morgan fingerprint density at radius 1 is 1.17 bits per heavy atom. The van der Waals surface area contributed by atoms with E-state index in [9.17, 15) is 19.7 Å². The Hall–Kier alpha value is -2.84. The van der Waals surface area contributed by atoms with Gasteiger partial charge in [0.25, 0.3) is 5.69 Å². The maximum atomic E-state index is 12.0. The van der Waals surface area contributed by atoms with Gasteiger partial charge in [-0.25, -0.2) is 4.79 Å². The summed E-state index contributed by atoms with van der Waals surface area (Å²) in [7, 11) is 4.92. The first kappa shape index (κ1) is 19.2. The SMILES string of the molecule is CN(C)C(=O)NCCN(C)C(=O)CCNc1ccccc1[N+](=O)[O-]. The Balaban J connectivity index is 2.36. The molecule has 0 aliphatic heterocycles. The number of carbonyl (C=O) groups is 2. The number of likely N-dealkylation sites (N-methyl/N-ethyl adjacent to an activating group) is 1. The third kappa shape index (κ3) is 6.11. The molecule has 9 nitrogen and oxygen atoms in total. The summed E-state index contributed by atoms with van der Waals surface area (Å²) in [5.74, 6) is -0.111. The fourth-order valence-electron chi connectivity index (χ4n) is 1.89. The Morgan fingerprint density at radius 3 is 2.46 bits per heavy atom. The molecule has 0 fully saturated rings. The number of nitro groups is 1. The zero-order chi connectivity index (χ0) is 18.1. The first-order chi connectivity index (χ1) is 11.3. The third-order valence-electron chi connectivity index (χ3n) is 3.31. The van der Waals surface area contributed by atoms with Crippen LogP contribution < -0.4 is 10.6 Å². The third-order valence-corrected chi connectivity index (χ3v) is 3.31. The highest BCUT2D eigenvalue weighted by atomic mass is 16.6. The molecule has 1 aromatic carbocycles. The maximum absolute atomic E-state index is 12.0. The average Bonchev–Trinajstić information content (AvgIpc) is 2.54. The van der Waals surface area contributed by atoms with Gasteiger partial charge in [0.15, 0.2) is 0 Å². The van der Waals surface area contributed by atoms with Crippen LogP contribution in [0, 0.1) is 10.1 Å². The predicted molar refractivity (Wildman–Crippen MR) is 90.9 cm³/mol. The van der Waals surface area contributed by atoms with Crippen molar-refractivity contribution in [2.24, 2.45) is 0 Å². The first-order valence-electron chi connectivity index (χ1n) is 7.49. The molecule has 1 rings (SSSR count). The quantitative estimate of drug-likeness (QED) is 0.546. The number of carbonyl (C=O) groups excluding carboxylic acids is 2. The summed E-state index contributed by atoms with van der Waals surface area (Å²) in [5, 5.41) is 16.5. The fraction of sp³-hybridized carbons (Fsp3) is 0.467. The number of hydrogen-bond donors (Lipinski definition) is 2. The van der Waals surface area contributed by atoms with Gasteiger partial charge in [-0.1, -0.05) is 12.1 Å². The van der Waals surface area contributed by atoms with Crippen LogP contribution in [0.1, 0.15) is 6.42 Å². The highest BCUT2D eigenvalue weighted by molar-refractivity contribution is 5.77. The zero-order valence-corrected chi connectivity index (χ0v) is 14.1. The summed E-state index contributed by atoms with van der Waals surface area (Å²) in [6, 6.07) is 6.07. The molecule has 1 aromatic rings. The Labute approximate surface area is 140 Å². The zero-order valence-electron chi connectivity index (χ0n) is 14.1. The van der Waals surface area contributed by atoms with Crippen molar-refractivity contribution in [2.75, 3.05) is 46.1 Å². The lowest BCUT2D eigenvalue weighted by Crippen LogP contribution is -2.40. The van der Waals surface area contributed by atoms with Gasteiger partial charge in [0.05, 0.1) is 4.92 Å². The number of nitrogens with one attached hydrogen (secondary N) is 2. The molecule has 0 spiro atoms. The highest BCUT2D eigenvalue weighted by Gasteiger charge is 2.13. The van der Waals surface area contributed by atoms with Crippen LogP contribution in [-0.4, -0.2) is 67.4 Å². The standard InChI is InChI=1S/C15H23N5O4/c1-18(2)15(22)17-10-11-19(3)14(21)8-9-16-12-6-4-5-7-13(12)20(23)24/h4-7,16H,8-11H2,1-3H3,(H,17,22). The van der Waals surface area contributed by atoms with E-state index >= 15 is 0 Å². The van der Waals surface area contributed by atoms with Crippen molar-refractivity contribution in [3.8, 4) is 0 Å². The summed E-state index contributed by atoms with van der Waals surface area (Å²) in [4.78, 5) is 36.7. The van der Waals surface area contributed by atoms with E-state index in [-0.39, 0.29) is 30.6 Å². The summed E-state index contributed by atoms with van der Waals surface area (Å²) in [5.41, 5.74) is 0.362. The molecule has 0 aliphatic rings. The van der Waals surface area contributed by atoms with Crippen LogP contribution in [0.5, 0.6) is 0 Å². The van der Waals surface area contributed by atoms with Crippen molar-refractivity contribution < 1.29 is 14.5 Å². The molecule has 3 amide bonds. The second-order valence-electron chi connectivity index (χ2n) is 5.39. The second-order valence-corrected chi connectivity index (χ2v) is 5.39. The normalized spacial score (nSPS) is 9.96. The van der Waals surface area contributed by atoms with E-state index in [0.29, 0.717) is 18.8 Å². The van der Waals surface area contributed by atoms with E-state index in [1.54, 1.807) is 39.3 Å². The van der Waals surface area contributed by atoms with Gasteiger partial charge < -0.3 is 20.4 Å². The molecule has 24 heavy (non-hydrogen) atoms. The van der Waals surface area contributed by atoms with Crippen LogP contribution in [-0.2, 0) is 4.79 Å². The van der Waals surface area contributed by atoms with Crippen molar-refractivity contribution in [2.45, 2.75) is 6.42 Å². The summed E-state index contributed by atoms with van der Waals surface area (Å²) >= 11 is 0. The van der Waals surface area contributed by atoms with E-state index < -0.39 is 4.92 Å². The van der Waals surface area contributed by atoms with Crippen LogP contribution >= 0.6 is 0 Å². The molecule has 2 N–H and O–H groups in total. The van der Waals surface area contributed by atoms with Gasteiger partial charge in [-0.15, -0.1) is 0 Å². The van der Waals surface area contributed by atoms with Crippen LogP contribution in [0.2, 0.25) is 0 Å². The summed E-state index contributed by atoms with van der Waals surface area (Å²) in [6.45, 7) is 1.04. The number of para-hydroxylation sites is 2. The number of nitro benzene ring substituents is 1. The minimum atomic E-state index is -0.469. The molecule has 0 aliphatic carbocycles. The molecule has 9 heteroatoms. The number of amides is 3. The monoisotopic (exact) mass is 337 g/mol. The van der Waals surface area contributed by atoms with Crippen molar-refractivity contribution >= 4 is 23.3 Å². The summed E-state index contributed by atoms with van der Waals surface area (Å²) < 4.78 is 0. The second kappa shape index (κ2) is 9.33. The van der Waals surface area contributed by atoms with Crippen molar-refractivity contribution in [1.82, 2.24) is 15.1 Å². The van der Waals surface area contributed by atoms with E-state index in [1.165, 1.54) is 15.9 Å². The van der Waals surface area contributed by atoms with Crippen LogP contribution in [0.3, 0.4) is 0 Å². The Morgan fingerprint density at radius 2 is 1.83 bits per heavy atom. The number of benzene rings is 1. The van der Waals surface area contributed by atoms with E-state index in [4.69, 9.17) is 0 Å². The molecule has 0 saturated heterocycles. The van der Waals surface area contributed by atoms with Gasteiger partial charge in [0.1, 0.15) is 5.69 Å². The number of urea groups is 1. The smallest absolute Gasteiger partial charge is 0.316 e. The molecule has 0 aromatic heterocycles. The molecule has 0 atom stereocenters. The minimum Gasteiger partial charge on any atom is -0.379 e. The predicted octanol–water partition coefficient (Wildman–Crippen LogP) is 1.13. The molecule has 0 unspecified atom stereocenters. The number of anilines is 1. The van der Waals surface area contributed by atoms with Gasteiger partial charge >= 0.3 is 6.03 Å². The van der Waals surface area contributed by atoms with Gasteiger partial charge in [0, 0.05) is 53.3 Å². The fourth-order valence-corrected chi connectivity index (χ4v) is 1.89. The Bertz CT molecular complexity index is 591. The molecule has 132 valence electrons. The van der Waals surface area contributed by atoms with Crippen LogP contribution in [0.4, 0.5) is 16.2 Å². The average molecular weight is 337 g/mol. The van der Waals surface area contributed by atoms with Gasteiger partial charge in [-0.2, -0.15) is 0 Å². The van der Waals surface area contributed by atoms with E-state index in [2.05, 4.69) is 10.6 Å². The van der Waals surface area contributed by atoms with Crippen LogP contribution in [0.15, 0.2) is 24.3 Å². The lowest BCUT2D eigenvalue weighted by atomic mass is 10.2. The molecular formula is C15H23N5O4. The van der Waals surface area contributed by atoms with E-state index in [0.717, 1.165) is 0 Å². The lowest BCUT2D eigenvalue weighted by molar-refractivity contribution is -0.384. The molecule has 0 bridgehead atoms. The van der Waals surface area contributed by atoms with Gasteiger partial charge in [-0.3, -0.25) is 14.9 Å². The van der Waals surface area contributed by atoms with Crippen molar-refractivity contribution in [3.05, 3.63) is 34.4 Å².